The van der Waals surface area contributed by atoms with Crippen LogP contribution in [0.3, 0.4) is 0 Å². The highest BCUT2D eigenvalue weighted by Crippen LogP contribution is 2.39. The van der Waals surface area contributed by atoms with Gasteiger partial charge in [0.05, 0.1) is 19.1 Å². The monoisotopic (exact) mass is 456 g/mol. The first-order chi connectivity index (χ1) is 16.6. The van der Waals surface area contributed by atoms with Crippen molar-refractivity contribution in [2.75, 3.05) is 13.7 Å². The SMILES string of the molecule is COc1ccccc1C(=O)NC[C@]1(c2ccccc2)CC[C@@H](NC(=O)Cc2ccccc2)CC1. The van der Waals surface area contributed by atoms with Crippen molar-refractivity contribution in [3.63, 3.8) is 0 Å². The lowest BCUT2D eigenvalue weighted by Crippen LogP contribution is -2.47. The van der Waals surface area contributed by atoms with Gasteiger partial charge >= 0.3 is 0 Å². The predicted molar refractivity (Wildman–Crippen MR) is 134 cm³/mol. The number of hydrogen-bond donors (Lipinski definition) is 2. The minimum atomic E-state index is -0.167. The normalized spacial score (nSPS) is 19.7. The Morgan fingerprint density at radius 2 is 1.50 bits per heavy atom. The number of nitrogens with one attached hydrogen (secondary N) is 2. The van der Waals surface area contributed by atoms with Crippen LogP contribution in [0.15, 0.2) is 84.9 Å². The maximum atomic E-state index is 13.0. The van der Waals surface area contributed by atoms with E-state index in [1.165, 1.54) is 5.56 Å². The quantitative estimate of drug-likeness (QED) is 0.518. The number of carbonyl (C=O) groups is 2. The molecule has 34 heavy (non-hydrogen) atoms. The molecule has 0 spiro atoms. The zero-order valence-corrected chi connectivity index (χ0v) is 19.6. The molecule has 3 aromatic rings. The Bertz CT molecular complexity index is 1090. The van der Waals surface area contributed by atoms with Crippen molar-refractivity contribution in [3.05, 3.63) is 102 Å². The molecule has 0 saturated heterocycles. The lowest BCUT2D eigenvalue weighted by molar-refractivity contribution is -0.121. The zero-order valence-electron chi connectivity index (χ0n) is 19.6. The number of benzene rings is 3. The molecule has 0 aliphatic heterocycles. The Morgan fingerprint density at radius 1 is 0.882 bits per heavy atom. The van der Waals surface area contributed by atoms with Crippen molar-refractivity contribution in [2.45, 2.75) is 43.6 Å². The van der Waals surface area contributed by atoms with Gasteiger partial charge in [0.25, 0.3) is 5.91 Å². The van der Waals surface area contributed by atoms with E-state index in [0.717, 1.165) is 31.2 Å². The molecule has 2 N–H and O–H groups in total. The lowest BCUT2D eigenvalue weighted by Gasteiger charge is -2.41. The molecule has 5 heteroatoms. The molecular formula is C29H32N2O3. The maximum Gasteiger partial charge on any atom is 0.255 e. The fourth-order valence-corrected chi connectivity index (χ4v) is 4.91. The molecule has 0 aromatic heterocycles. The first kappa shape index (κ1) is 23.6. The number of amides is 2. The third-order valence-electron chi connectivity index (χ3n) is 6.84. The molecule has 5 nitrogen and oxygen atoms in total. The largest absolute Gasteiger partial charge is 0.496 e. The molecular weight excluding hydrogens is 424 g/mol. The second kappa shape index (κ2) is 11.0. The minimum Gasteiger partial charge on any atom is -0.496 e. The summed E-state index contributed by atoms with van der Waals surface area (Å²) in [6.07, 6.45) is 3.93. The highest BCUT2D eigenvalue weighted by atomic mass is 16.5. The van der Waals surface area contributed by atoms with Crippen molar-refractivity contribution in [1.29, 1.82) is 0 Å². The van der Waals surface area contributed by atoms with E-state index in [0.29, 0.717) is 24.3 Å². The number of rotatable bonds is 8. The van der Waals surface area contributed by atoms with Gasteiger partial charge in [0.2, 0.25) is 5.91 Å². The summed E-state index contributed by atoms with van der Waals surface area (Å²) in [5.74, 6) is 0.498. The summed E-state index contributed by atoms with van der Waals surface area (Å²) >= 11 is 0. The minimum absolute atomic E-state index is 0.0629. The summed E-state index contributed by atoms with van der Waals surface area (Å²) < 4.78 is 5.36. The van der Waals surface area contributed by atoms with Crippen molar-refractivity contribution >= 4 is 11.8 Å². The van der Waals surface area contributed by atoms with Crippen LogP contribution < -0.4 is 15.4 Å². The van der Waals surface area contributed by atoms with Crippen LogP contribution >= 0.6 is 0 Å². The van der Waals surface area contributed by atoms with Gasteiger partial charge in [-0.1, -0.05) is 72.8 Å². The second-order valence-electron chi connectivity index (χ2n) is 9.03. The topological polar surface area (TPSA) is 67.4 Å². The van der Waals surface area contributed by atoms with Gasteiger partial charge in [-0.25, -0.2) is 0 Å². The molecule has 1 saturated carbocycles. The summed E-state index contributed by atoms with van der Waals surface area (Å²) in [4.78, 5) is 25.5. The van der Waals surface area contributed by atoms with Crippen LogP contribution in [0.4, 0.5) is 0 Å². The molecule has 1 aliphatic carbocycles. The van der Waals surface area contributed by atoms with Crippen LogP contribution in [0.25, 0.3) is 0 Å². The first-order valence-electron chi connectivity index (χ1n) is 11.9. The summed E-state index contributed by atoms with van der Waals surface area (Å²) in [7, 11) is 1.57. The molecule has 0 atom stereocenters. The van der Waals surface area contributed by atoms with Gasteiger partial charge in [-0.3, -0.25) is 9.59 Å². The second-order valence-corrected chi connectivity index (χ2v) is 9.03. The zero-order chi connectivity index (χ0) is 23.8. The van der Waals surface area contributed by atoms with Gasteiger partial charge in [-0.05, 0) is 48.9 Å². The Labute approximate surface area is 201 Å². The highest BCUT2D eigenvalue weighted by molar-refractivity contribution is 5.97. The average Bonchev–Trinajstić information content (AvgIpc) is 2.89. The summed E-state index contributed by atoms with van der Waals surface area (Å²) in [6.45, 7) is 0.540. The Balaban J connectivity index is 1.41. The molecule has 0 bridgehead atoms. The van der Waals surface area contributed by atoms with Gasteiger partial charge in [-0.2, -0.15) is 0 Å². The van der Waals surface area contributed by atoms with E-state index in [4.69, 9.17) is 4.74 Å². The predicted octanol–water partition coefficient (Wildman–Crippen LogP) is 4.66. The van der Waals surface area contributed by atoms with E-state index in [2.05, 4.69) is 22.8 Å². The molecule has 0 radical (unpaired) electrons. The summed E-state index contributed by atoms with van der Waals surface area (Å²) in [5, 5.41) is 6.38. The lowest BCUT2D eigenvalue weighted by atomic mass is 9.68. The molecule has 4 rings (SSSR count). The van der Waals surface area contributed by atoms with E-state index in [1.807, 2.05) is 60.7 Å². The van der Waals surface area contributed by atoms with E-state index >= 15 is 0 Å². The molecule has 0 heterocycles. The van der Waals surface area contributed by atoms with Crippen LogP contribution in [0.1, 0.15) is 47.2 Å². The van der Waals surface area contributed by atoms with Crippen LogP contribution in [0, 0.1) is 0 Å². The van der Waals surface area contributed by atoms with Crippen molar-refractivity contribution in [1.82, 2.24) is 10.6 Å². The maximum absolute atomic E-state index is 13.0. The van der Waals surface area contributed by atoms with Crippen LogP contribution in [-0.4, -0.2) is 31.5 Å². The molecule has 2 amide bonds. The fraction of sp³-hybridized carbons (Fsp3) is 0.310. The smallest absolute Gasteiger partial charge is 0.255 e. The van der Waals surface area contributed by atoms with Crippen molar-refractivity contribution in [2.24, 2.45) is 0 Å². The summed E-state index contributed by atoms with van der Waals surface area (Å²) in [6, 6.07) is 27.6. The fourth-order valence-electron chi connectivity index (χ4n) is 4.91. The van der Waals surface area contributed by atoms with Gasteiger partial charge in [0.1, 0.15) is 5.75 Å². The third-order valence-corrected chi connectivity index (χ3v) is 6.84. The number of methoxy groups -OCH3 is 1. The van der Waals surface area contributed by atoms with Crippen molar-refractivity contribution in [3.8, 4) is 5.75 Å². The first-order valence-corrected chi connectivity index (χ1v) is 11.9. The van der Waals surface area contributed by atoms with E-state index in [9.17, 15) is 9.59 Å². The van der Waals surface area contributed by atoms with Crippen LogP contribution in [0.2, 0.25) is 0 Å². The molecule has 1 aliphatic rings. The average molecular weight is 457 g/mol. The Kier molecular flexibility index (Phi) is 7.63. The van der Waals surface area contributed by atoms with E-state index in [-0.39, 0.29) is 23.3 Å². The Hall–Kier alpha value is -3.60. The number of para-hydroxylation sites is 1. The third kappa shape index (κ3) is 5.66. The number of ether oxygens (including phenoxy) is 1. The van der Waals surface area contributed by atoms with Crippen molar-refractivity contribution < 1.29 is 14.3 Å². The highest BCUT2D eigenvalue weighted by Gasteiger charge is 2.37. The van der Waals surface area contributed by atoms with Gasteiger partial charge in [0, 0.05) is 18.0 Å². The number of carbonyl (C=O) groups excluding carboxylic acids is 2. The van der Waals surface area contributed by atoms with Crippen LogP contribution in [-0.2, 0) is 16.6 Å². The molecule has 1 fully saturated rings. The van der Waals surface area contributed by atoms with Gasteiger partial charge < -0.3 is 15.4 Å². The standard InChI is InChI=1S/C29H32N2O3/c1-34-26-15-9-8-14-25(26)28(33)30-21-29(23-12-6-3-7-13-23)18-16-24(17-19-29)31-27(32)20-22-10-4-2-5-11-22/h2-15,24H,16-21H2,1H3,(H,30,33)(H,31,32)/t24-,29+. The van der Waals surface area contributed by atoms with E-state index < -0.39 is 0 Å². The van der Waals surface area contributed by atoms with E-state index in [1.54, 1.807) is 19.2 Å². The van der Waals surface area contributed by atoms with Gasteiger partial charge in [0.15, 0.2) is 0 Å². The Morgan fingerprint density at radius 3 is 2.18 bits per heavy atom. The van der Waals surface area contributed by atoms with Crippen LogP contribution in [0.5, 0.6) is 5.75 Å². The summed E-state index contributed by atoms with van der Waals surface area (Å²) in [5.41, 5.74) is 2.62. The number of hydrogen-bond acceptors (Lipinski definition) is 3. The van der Waals surface area contributed by atoms with Gasteiger partial charge in [-0.15, -0.1) is 0 Å². The molecule has 176 valence electrons. The molecule has 3 aromatic carbocycles. The molecule has 0 unspecified atom stereocenters.